The minimum absolute atomic E-state index is 0.410. The van der Waals surface area contributed by atoms with Crippen LogP contribution in [0.25, 0.3) is 0 Å². The third-order valence-corrected chi connectivity index (χ3v) is 3.36. The van der Waals surface area contributed by atoms with Crippen LogP contribution in [-0.4, -0.2) is 0 Å². The van der Waals surface area contributed by atoms with Crippen molar-refractivity contribution in [3.8, 4) is 0 Å². The molecule has 0 spiro atoms. The van der Waals surface area contributed by atoms with Crippen molar-refractivity contribution in [1.29, 1.82) is 0 Å². The highest BCUT2D eigenvalue weighted by Gasteiger charge is 2.19. The molecular weight excluding hydrogens is 216 g/mol. The van der Waals surface area contributed by atoms with Gasteiger partial charge in [-0.05, 0) is 42.2 Å². The summed E-state index contributed by atoms with van der Waals surface area (Å²) >= 11 is 6.16. The molecule has 0 fully saturated rings. The molecule has 1 heteroatoms. The van der Waals surface area contributed by atoms with E-state index in [1.165, 1.54) is 18.4 Å². The van der Waals surface area contributed by atoms with Gasteiger partial charge in [-0.25, -0.2) is 0 Å². The summed E-state index contributed by atoms with van der Waals surface area (Å²) in [7, 11) is 0. The fraction of sp³-hybridized carbons (Fsp3) is 0.600. The number of halogens is 1. The molecule has 0 amide bonds. The first kappa shape index (κ1) is 13.6. The molecular formula is C15H23Cl. The fourth-order valence-electron chi connectivity index (χ4n) is 2.38. The highest BCUT2D eigenvalue weighted by Crippen LogP contribution is 2.31. The molecule has 0 atom stereocenters. The molecule has 1 aromatic carbocycles. The summed E-state index contributed by atoms with van der Waals surface area (Å²) in [5, 5.41) is 0.905. The standard InChI is InChI=1S/C15H23Cl/c1-12(2)11-15(3,4)10-9-13-7-5-6-8-14(13)16/h5-8,12H,9-11H2,1-4H3. The molecule has 0 nitrogen and oxygen atoms in total. The van der Waals surface area contributed by atoms with E-state index in [-0.39, 0.29) is 0 Å². The Morgan fingerprint density at radius 1 is 1.19 bits per heavy atom. The first-order valence-electron chi connectivity index (χ1n) is 6.14. The maximum absolute atomic E-state index is 6.16. The lowest BCUT2D eigenvalue weighted by atomic mass is 9.79. The molecule has 1 rings (SSSR count). The van der Waals surface area contributed by atoms with Gasteiger partial charge in [-0.2, -0.15) is 0 Å². The van der Waals surface area contributed by atoms with Crippen LogP contribution in [-0.2, 0) is 6.42 Å². The summed E-state index contributed by atoms with van der Waals surface area (Å²) in [6.45, 7) is 9.28. The predicted octanol–water partition coefficient (Wildman–Crippen LogP) is 5.34. The molecule has 0 N–H and O–H groups in total. The topological polar surface area (TPSA) is 0 Å². The number of aryl methyl sites for hydroxylation is 1. The largest absolute Gasteiger partial charge is 0.0840 e. The summed E-state index contributed by atoms with van der Waals surface area (Å²) in [5.41, 5.74) is 1.69. The van der Waals surface area contributed by atoms with Crippen LogP contribution in [0.4, 0.5) is 0 Å². The average Bonchev–Trinajstić information content (AvgIpc) is 2.14. The van der Waals surface area contributed by atoms with Gasteiger partial charge in [0.15, 0.2) is 0 Å². The minimum atomic E-state index is 0.410. The lowest BCUT2D eigenvalue weighted by Gasteiger charge is -2.26. The highest BCUT2D eigenvalue weighted by atomic mass is 35.5. The molecule has 0 radical (unpaired) electrons. The molecule has 0 aromatic heterocycles. The van der Waals surface area contributed by atoms with Gasteiger partial charge < -0.3 is 0 Å². The molecule has 0 unspecified atom stereocenters. The SMILES string of the molecule is CC(C)CC(C)(C)CCc1ccccc1Cl. The monoisotopic (exact) mass is 238 g/mol. The van der Waals surface area contributed by atoms with E-state index in [1.807, 2.05) is 12.1 Å². The van der Waals surface area contributed by atoms with Gasteiger partial charge in [-0.15, -0.1) is 0 Å². The third kappa shape index (κ3) is 4.57. The Kier molecular flexibility index (Phi) is 4.86. The third-order valence-electron chi connectivity index (χ3n) is 2.99. The summed E-state index contributed by atoms with van der Waals surface area (Å²) in [6, 6.07) is 8.17. The molecule has 1 aromatic rings. The zero-order valence-corrected chi connectivity index (χ0v) is 11.6. The Bertz CT molecular complexity index is 326. The maximum atomic E-state index is 6.16. The van der Waals surface area contributed by atoms with E-state index in [2.05, 4.69) is 39.8 Å². The van der Waals surface area contributed by atoms with E-state index in [1.54, 1.807) is 0 Å². The zero-order chi connectivity index (χ0) is 12.2. The molecule has 0 saturated heterocycles. The van der Waals surface area contributed by atoms with Crippen molar-refractivity contribution in [2.24, 2.45) is 11.3 Å². The number of benzene rings is 1. The smallest absolute Gasteiger partial charge is 0.0437 e. The van der Waals surface area contributed by atoms with Crippen LogP contribution in [0.2, 0.25) is 5.02 Å². The van der Waals surface area contributed by atoms with E-state index in [0.717, 1.165) is 17.4 Å². The Morgan fingerprint density at radius 3 is 2.38 bits per heavy atom. The maximum Gasteiger partial charge on any atom is 0.0437 e. The van der Waals surface area contributed by atoms with Crippen LogP contribution < -0.4 is 0 Å². The van der Waals surface area contributed by atoms with Gasteiger partial charge >= 0.3 is 0 Å². The first-order valence-corrected chi connectivity index (χ1v) is 6.52. The normalized spacial score (nSPS) is 12.1. The average molecular weight is 239 g/mol. The van der Waals surface area contributed by atoms with Crippen molar-refractivity contribution in [3.05, 3.63) is 34.9 Å². The van der Waals surface area contributed by atoms with Crippen molar-refractivity contribution in [1.82, 2.24) is 0 Å². The second-order valence-corrected chi connectivity index (χ2v) is 6.26. The van der Waals surface area contributed by atoms with Crippen LogP contribution in [0, 0.1) is 11.3 Å². The quantitative estimate of drug-likeness (QED) is 0.649. The van der Waals surface area contributed by atoms with E-state index < -0.39 is 0 Å². The van der Waals surface area contributed by atoms with Gasteiger partial charge in [0.2, 0.25) is 0 Å². The molecule has 0 heterocycles. The van der Waals surface area contributed by atoms with Gasteiger partial charge in [0.1, 0.15) is 0 Å². The van der Waals surface area contributed by atoms with Crippen LogP contribution in [0.15, 0.2) is 24.3 Å². The molecule has 0 bridgehead atoms. The highest BCUT2D eigenvalue weighted by molar-refractivity contribution is 6.31. The van der Waals surface area contributed by atoms with Crippen molar-refractivity contribution in [2.75, 3.05) is 0 Å². The molecule has 90 valence electrons. The van der Waals surface area contributed by atoms with Crippen LogP contribution in [0.5, 0.6) is 0 Å². The molecule has 16 heavy (non-hydrogen) atoms. The second kappa shape index (κ2) is 5.72. The Labute approximate surface area is 105 Å². The van der Waals surface area contributed by atoms with Crippen LogP contribution in [0.1, 0.15) is 46.1 Å². The van der Waals surface area contributed by atoms with E-state index >= 15 is 0 Å². The van der Waals surface area contributed by atoms with Crippen LogP contribution in [0.3, 0.4) is 0 Å². The van der Waals surface area contributed by atoms with Gasteiger partial charge in [0, 0.05) is 5.02 Å². The predicted molar refractivity (Wildman–Crippen MR) is 73.0 cm³/mol. The Balaban J connectivity index is 2.54. The van der Waals surface area contributed by atoms with Crippen molar-refractivity contribution in [2.45, 2.75) is 47.0 Å². The van der Waals surface area contributed by atoms with Crippen molar-refractivity contribution in [3.63, 3.8) is 0 Å². The van der Waals surface area contributed by atoms with E-state index in [9.17, 15) is 0 Å². The van der Waals surface area contributed by atoms with Gasteiger partial charge in [0.25, 0.3) is 0 Å². The minimum Gasteiger partial charge on any atom is -0.0840 e. The van der Waals surface area contributed by atoms with Gasteiger partial charge in [0.05, 0.1) is 0 Å². The lowest BCUT2D eigenvalue weighted by molar-refractivity contribution is 0.266. The summed E-state index contributed by atoms with van der Waals surface area (Å²) in [6.07, 6.45) is 3.56. The summed E-state index contributed by atoms with van der Waals surface area (Å²) in [5.74, 6) is 0.765. The number of hydrogen-bond acceptors (Lipinski definition) is 0. The zero-order valence-electron chi connectivity index (χ0n) is 10.9. The number of rotatable bonds is 5. The van der Waals surface area contributed by atoms with Crippen molar-refractivity contribution < 1.29 is 0 Å². The summed E-state index contributed by atoms with van der Waals surface area (Å²) < 4.78 is 0. The molecule has 0 aliphatic carbocycles. The Hall–Kier alpha value is -0.490. The van der Waals surface area contributed by atoms with E-state index in [0.29, 0.717) is 5.41 Å². The molecule has 0 aliphatic rings. The second-order valence-electron chi connectivity index (χ2n) is 5.85. The lowest BCUT2D eigenvalue weighted by Crippen LogP contribution is -2.15. The van der Waals surface area contributed by atoms with Crippen molar-refractivity contribution >= 4 is 11.6 Å². The molecule has 0 saturated carbocycles. The number of hydrogen-bond donors (Lipinski definition) is 0. The van der Waals surface area contributed by atoms with Gasteiger partial charge in [-0.3, -0.25) is 0 Å². The first-order chi connectivity index (χ1) is 7.41. The Morgan fingerprint density at radius 2 is 1.81 bits per heavy atom. The molecule has 0 aliphatic heterocycles. The van der Waals surface area contributed by atoms with E-state index in [4.69, 9.17) is 11.6 Å². The van der Waals surface area contributed by atoms with Gasteiger partial charge in [-0.1, -0.05) is 57.5 Å². The summed E-state index contributed by atoms with van der Waals surface area (Å²) in [4.78, 5) is 0. The van der Waals surface area contributed by atoms with Crippen LogP contribution >= 0.6 is 11.6 Å². The fourth-order valence-corrected chi connectivity index (χ4v) is 2.61.